The highest BCUT2D eigenvalue weighted by Crippen LogP contribution is 2.27. The highest BCUT2D eigenvalue weighted by Gasteiger charge is 2.37. The Hall–Kier alpha value is -2.13. The molecule has 3 heteroatoms. The van der Waals surface area contributed by atoms with Gasteiger partial charge in [0.2, 0.25) is 5.91 Å². The van der Waals surface area contributed by atoms with E-state index in [0.29, 0.717) is 0 Å². The highest BCUT2D eigenvalue weighted by molar-refractivity contribution is 5.91. The minimum Gasteiger partial charge on any atom is -0.357 e. The van der Waals surface area contributed by atoms with Crippen LogP contribution in [0, 0.1) is 6.92 Å². The van der Waals surface area contributed by atoms with Gasteiger partial charge >= 0.3 is 0 Å². The normalized spacial score (nSPS) is 13.6. The van der Waals surface area contributed by atoms with E-state index in [-0.39, 0.29) is 5.91 Å². The second-order valence-electron chi connectivity index (χ2n) is 4.62. The molecule has 0 spiro atoms. The van der Waals surface area contributed by atoms with E-state index in [1.165, 1.54) is 0 Å². The SMILES string of the molecule is CNC(=O)[C@@](N)(c1ccccc1)c1ccc(C)cc1. The van der Waals surface area contributed by atoms with E-state index in [0.717, 1.165) is 16.7 Å². The van der Waals surface area contributed by atoms with Crippen LogP contribution in [0.15, 0.2) is 54.6 Å². The molecule has 3 N–H and O–H groups in total. The van der Waals surface area contributed by atoms with Crippen molar-refractivity contribution in [1.29, 1.82) is 0 Å². The predicted molar refractivity (Wildman–Crippen MR) is 76.7 cm³/mol. The van der Waals surface area contributed by atoms with Crippen molar-refractivity contribution in [2.75, 3.05) is 7.05 Å². The fourth-order valence-electron chi connectivity index (χ4n) is 2.14. The Morgan fingerprint density at radius 1 is 1.00 bits per heavy atom. The summed E-state index contributed by atoms with van der Waals surface area (Å²) >= 11 is 0. The molecule has 1 amide bonds. The van der Waals surface area contributed by atoms with Crippen molar-refractivity contribution < 1.29 is 4.79 Å². The van der Waals surface area contributed by atoms with Crippen molar-refractivity contribution in [1.82, 2.24) is 5.32 Å². The summed E-state index contributed by atoms with van der Waals surface area (Å²) in [5.41, 5.74) is 7.96. The number of carbonyl (C=O) groups is 1. The van der Waals surface area contributed by atoms with Crippen LogP contribution in [0.4, 0.5) is 0 Å². The lowest BCUT2D eigenvalue weighted by atomic mass is 9.82. The summed E-state index contributed by atoms with van der Waals surface area (Å²) < 4.78 is 0. The van der Waals surface area contributed by atoms with E-state index < -0.39 is 5.54 Å². The molecule has 0 aliphatic rings. The maximum Gasteiger partial charge on any atom is 0.249 e. The molecule has 2 aromatic rings. The van der Waals surface area contributed by atoms with Gasteiger partial charge < -0.3 is 11.1 Å². The fourth-order valence-corrected chi connectivity index (χ4v) is 2.14. The molecule has 98 valence electrons. The van der Waals surface area contributed by atoms with Gasteiger partial charge in [0.15, 0.2) is 0 Å². The van der Waals surface area contributed by atoms with Crippen molar-refractivity contribution >= 4 is 5.91 Å². The Labute approximate surface area is 113 Å². The van der Waals surface area contributed by atoms with E-state index in [9.17, 15) is 4.79 Å². The fraction of sp³-hybridized carbons (Fsp3) is 0.188. The number of amides is 1. The third-order valence-electron chi connectivity index (χ3n) is 3.32. The lowest BCUT2D eigenvalue weighted by Gasteiger charge is -2.28. The minimum atomic E-state index is -1.16. The van der Waals surface area contributed by atoms with Crippen LogP contribution in [0.5, 0.6) is 0 Å². The molecular formula is C16H18N2O. The molecule has 0 aromatic heterocycles. The van der Waals surface area contributed by atoms with Crippen LogP contribution in [0.3, 0.4) is 0 Å². The van der Waals surface area contributed by atoms with Crippen molar-refractivity contribution in [3.05, 3.63) is 71.3 Å². The third kappa shape index (κ3) is 2.37. The van der Waals surface area contributed by atoms with Gasteiger partial charge in [-0.15, -0.1) is 0 Å². The zero-order chi connectivity index (χ0) is 13.9. The first kappa shape index (κ1) is 13.3. The number of likely N-dealkylation sites (N-methyl/N-ethyl adjacent to an activating group) is 1. The molecule has 3 nitrogen and oxygen atoms in total. The monoisotopic (exact) mass is 254 g/mol. The number of nitrogens with two attached hydrogens (primary N) is 1. The topological polar surface area (TPSA) is 55.1 Å². The van der Waals surface area contributed by atoms with Gasteiger partial charge in [0.1, 0.15) is 5.54 Å². The van der Waals surface area contributed by atoms with Crippen molar-refractivity contribution in [3.8, 4) is 0 Å². The van der Waals surface area contributed by atoms with Gasteiger partial charge in [0, 0.05) is 7.05 Å². The van der Waals surface area contributed by atoms with Crippen molar-refractivity contribution in [2.45, 2.75) is 12.5 Å². The van der Waals surface area contributed by atoms with Gasteiger partial charge in [-0.25, -0.2) is 0 Å². The number of hydrogen-bond acceptors (Lipinski definition) is 2. The Morgan fingerprint density at radius 2 is 1.53 bits per heavy atom. The first-order chi connectivity index (χ1) is 9.09. The summed E-state index contributed by atoms with van der Waals surface area (Å²) in [4.78, 5) is 12.3. The van der Waals surface area contributed by atoms with Gasteiger partial charge in [-0.05, 0) is 18.1 Å². The zero-order valence-electron chi connectivity index (χ0n) is 11.2. The van der Waals surface area contributed by atoms with Crippen LogP contribution in [-0.2, 0) is 10.3 Å². The van der Waals surface area contributed by atoms with Gasteiger partial charge in [0.25, 0.3) is 0 Å². The summed E-state index contributed by atoms with van der Waals surface area (Å²) in [6, 6.07) is 17.1. The summed E-state index contributed by atoms with van der Waals surface area (Å²) in [7, 11) is 1.60. The number of benzene rings is 2. The molecule has 2 rings (SSSR count). The molecule has 0 aliphatic heterocycles. The second-order valence-corrected chi connectivity index (χ2v) is 4.62. The molecule has 2 aromatic carbocycles. The number of carbonyl (C=O) groups excluding carboxylic acids is 1. The van der Waals surface area contributed by atoms with Gasteiger partial charge in [-0.3, -0.25) is 4.79 Å². The van der Waals surface area contributed by atoms with Crippen LogP contribution in [0.2, 0.25) is 0 Å². The summed E-state index contributed by atoms with van der Waals surface area (Å²) in [6.45, 7) is 2.00. The number of aryl methyl sites for hydroxylation is 1. The maximum absolute atomic E-state index is 12.3. The average molecular weight is 254 g/mol. The Bertz CT molecular complexity index is 563. The Morgan fingerprint density at radius 3 is 2.05 bits per heavy atom. The second kappa shape index (κ2) is 5.24. The van der Waals surface area contributed by atoms with Gasteiger partial charge in [0.05, 0.1) is 0 Å². The molecule has 0 unspecified atom stereocenters. The average Bonchev–Trinajstić information content (AvgIpc) is 2.47. The van der Waals surface area contributed by atoms with E-state index in [2.05, 4.69) is 5.32 Å². The number of rotatable bonds is 3. The molecule has 0 radical (unpaired) electrons. The highest BCUT2D eigenvalue weighted by atomic mass is 16.2. The van der Waals surface area contributed by atoms with Crippen LogP contribution >= 0.6 is 0 Å². The molecule has 0 heterocycles. The van der Waals surface area contributed by atoms with E-state index >= 15 is 0 Å². The van der Waals surface area contributed by atoms with E-state index in [4.69, 9.17) is 5.73 Å². The standard InChI is InChI=1S/C16H18N2O/c1-12-8-10-14(11-9-12)16(17,15(19)18-2)13-6-4-3-5-7-13/h3-11H,17H2,1-2H3,(H,18,19)/t16-/m1/s1. The molecule has 19 heavy (non-hydrogen) atoms. The zero-order valence-corrected chi connectivity index (χ0v) is 11.2. The number of nitrogens with one attached hydrogen (secondary N) is 1. The molecule has 0 saturated carbocycles. The molecule has 1 atom stereocenters. The Kier molecular flexibility index (Phi) is 3.67. The number of hydrogen-bond donors (Lipinski definition) is 2. The van der Waals surface area contributed by atoms with Gasteiger partial charge in [-0.2, -0.15) is 0 Å². The van der Waals surface area contributed by atoms with Crippen LogP contribution in [0.1, 0.15) is 16.7 Å². The first-order valence-corrected chi connectivity index (χ1v) is 6.22. The minimum absolute atomic E-state index is 0.220. The maximum atomic E-state index is 12.3. The smallest absolute Gasteiger partial charge is 0.249 e. The predicted octanol–water partition coefficient (Wildman–Crippen LogP) is 1.94. The van der Waals surface area contributed by atoms with E-state index in [1.807, 2.05) is 61.5 Å². The van der Waals surface area contributed by atoms with Crippen LogP contribution < -0.4 is 11.1 Å². The third-order valence-corrected chi connectivity index (χ3v) is 3.32. The largest absolute Gasteiger partial charge is 0.357 e. The first-order valence-electron chi connectivity index (χ1n) is 6.22. The van der Waals surface area contributed by atoms with Crippen molar-refractivity contribution in [3.63, 3.8) is 0 Å². The lowest BCUT2D eigenvalue weighted by molar-refractivity contribution is -0.124. The quantitative estimate of drug-likeness (QED) is 0.879. The van der Waals surface area contributed by atoms with Crippen molar-refractivity contribution in [2.24, 2.45) is 5.73 Å². The summed E-state index contributed by atoms with van der Waals surface area (Å²) in [6.07, 6.45) is 0. The van der Waals surface area contributed by atoms with Crippen LogP contribution in [0.25, 0.3) is 0 Å². The van der Waals surface area contributed by atoms with Crippen LogP contribution in [-0.4, -0.2) is 13.0 Å². The molecule has 0 aliphatic carbocycles. The molecule has 0 fully saturated rings. The molecular weight excluding hydrogens is 236 g/mol. The lowest BCUT2D eigenvalue weighted by Crippen LogP contribution is -2.51. The molecule has 0 bridgehead atoms. The van der Waals surface area contributed by atoms with E-state index in [1.54, 1.807) is 7.05 Å². The van der Waals surface area contributed by atoms with Gasteiger partial charge in [-0.1, -0.05) is 60.2 Å². The molecule has 0 saturated heterocycles. The summed E-state index contributed by atoms with van der Waals surface area (Å²) in [5.74, 6) is -0.220. The summed E-state index contributed by atoms with van der Waals surface area (Å²) in [5, 5.41) is 2.65. The Balaban J connectivity index is 2.58.